The number of benzene rings is 2. The summed E-state index contributed by atoms with van der Waals surface area (Å²) in [7, 11) is 1.63. The molecule has 3 aromatic rings. The number of hydrogen-bond acceptors (Lipinski definition) is 9. The number of carbonyl (C=O) groups excluding carboxylic acids is 2. The van der Waals surface area contributed by atoms with Crippen LogP contribution in [0.5, 0.6) is 5.75 Å². The number of piperidine rings is 1. The van der Waals surface area contributed by atoms with Crippen molar-refractivity contribution in [3.05, 3.63) is 82.0 Å². The van der Waals surface area contributed by atoms with Crippen LogP contribution in [0.2, 0.25) is 5.02 Å². The molecule has 2 bridgehead atoms. The summed E-state index contributed by atoms with van der Waals surface area (Å²) in [5.41, 5.74) is 3.66. The Morgan fingerprint density at radius 1 is 1.07 bits per heavy atom. The fourth-order valence-corrected chi connectivity index (χ4v) is 11.8. The number of ether oxygens (including phenoxy) is 3. The van der Waals surface area contributed by atoms with Gasteiger partial charge in [-0.2, -0.15) is 5.10 Å². The molecule has 8 rings (SSSR count). The van der Waals surface area contributed by atoms with E-state index in [1.165, 1.54) is 11.1 Å². The predicted octanol–water partition coefficient (Wildman–Crippen LogP) is 6.75. The number of hydrogen-bond donors (Lipinski definition) is 1. The maximum atomic E-state index is 14.9. The van der Waals surface area contributed by atoms with Gasteiger partial charge >= 0.3 is 0 Å². The quantitative estimate of drug-likeness (QED) is 0.278. The fourth-order valence-electron chi connectivity index (χ4n) is 9.74. The lowest BCUT2D eigenvalue weighted by Gasteiger charge is -2.46. The SMILES string of the molecule is COC1CCN(c2nn(C)cc2C(=O)NS2(=O)=NC(=O)c3ccc4c(c3)N(C[C@@H]3CC[C@H]3[C@@H](OC)/C=C/C[C@H](C)C2)C[C@@]2(CCCc3cc(Cl)ccc32)CO4)CC1. The maximum absolute atomic E-state index is 14.9. The Hall–Kier alpha value is -3.91. The molecule has 2 fully saturated rings. The normalized spacial score (nSPS) is 29.9. The highest BCUT2D eigenvalue weighted by Gasteiger charge is 2.44. The molecule has 2 aliphatic carbocycles. The molecule has 1 N–H and O–H groups in total. The van der Waals surface area contributed by atoms with Crippen LogP contribution in [0.3, 0.4) is 0 Å². The zero-order valence-corrected chi connectivity index (χ0v) is 35.0. The molecule has 1 saturated carbocycles. The molecule has 3 aliphatic heterocycles. The Bertz CT molecular complexity index is 2160. The number of methoxy groups -OCH3 is 2. The van der Waals surface area contributed by atoms with Crippen LogP contribution in [0.25, 0.3) is 0 Å². The molecule has 0 radical (unpaired) electrons. The van der Waals surface area contributed by atoms with Crippen LogP contribution in [0.15, 0.2) is 59.1 Å². The number of aryl methyl sites for hydroxylation is 2. The molecule has 1 spiro atoms. The topological polar surface area (TPSA) is 128 Å². The molecule has 306 valence electrons. The highest BCUT2D eigenvalue weighted by Crippen LogP contribution is 2.47. The minimum Gasteiger partial charge on any atom is -0.490 e. The van der Waals surface area contributed by atoms with E-state index in [1.54, 1.807) is 38.2 Å². The summed E-state index contributed by atoms with van der Waals surface area (Å²) >= 11 is 6.49. The van der Waals surface area contributed by atoms with E-state index in [4.69, 9.17) is 25.8 Å². The van der Waals surface area contributed by atoms with E-state index in [0.717, 1.165) is 62.2 Å². The molecule has 2 aromatic carbocycles. The summed E-state index contributed by atoms with van der Waals surface area (Å²) in [6, 6.07) is 11.6. The summed E-state index contributed by atoms with van der Waals surface area (Å²) in [5, 5.41) is 5.35. The summed E-state index contributed by atoms with van der Waals surface area (Å²) in [4.78, 5) is 32.8. The van der Waals surface area contributed by atoms with Crippen molar-refractivity contribution in [2.45, 2.75) is 75.9 Å². The fraction of sp³-hybridized carbons (Fsp3) is 0.558. The monoisotopic (exact) mass is 818 g/mol. The number of rotatable bonds is 5. The molecular formula is C43H55ClN6O6S. The zero-order valence-electron chi connectivity index (χ0n) is 33.5. The molecule has 1 saturated heterocycles. The van der Waals surface area contributed by atoms with Gasteiger partial charge in [0.1, 0.15) is 21.2 Å². The van der Waals surface area contributed by atoms with Gasteiger partial charge < -0.3 is 24.0 Å². The van der Waals surface area contributed by atoms with E-state index >= 15 is 0 Å². The summed E-state index contributed by atoms with van der Waals surface area (Å²) in [6.07, 6.45) is 13.2. The molecule has 5 aliphatic rings. The van der Waals surface area contributed by atoms with Crippen LogP contribution in [0.1, 0.15) is 83.7 Å². The van der Waals surface area contributed by atoms with Gasteiger partial charge in [-0.3, -0.25) is 19.0 Å². The molecule has 57 heavy (non-hydrogen) atoms. The Labute approximate surface area is 341 Å². The van der Waals surface area contributed by atoms with Crippen LogP contribution < -0.4 is 19.3 Å². The average Bonchev–Trinajstić information content (AvgIpc) is 3.51. The number of nitrogens with one attached hydrogen (secondary N) is 1. The van der Waals surface area contributed by atoms with E-state index in [0.29, 0.717) is 61.6 Å². The predicted molar refractivity (Wildman–Crippen MR) is 223 cm³/mol. The van der Waals surface area contributed by atoms with Crippen molar-refractivity contribution >= 4 is 44.8 Å². The summed E-state index contributed by atoms with van der Waals surface area (Å²) < 4.78 is 42.0. The van der Waals surface area contributed by atoms with Crippen molar-refractivity contribution in [2.24, 2.45) is 29.2 Å². The van der Waals surface area contributed by atoms with Gasteiger partial charge in [-0.15, -0.1) is 4.36 Å². The van der Waals surface area contributed by atoms with E-state index in [2.05, 4.69) is 48.3 Å². The van der Waals surface area contributed by atoms with Crippen molar-refractivity contribution in [1.82, 2.24) is 14.5 Å². The Kier molecular flexibility index (Phi) is 11.5. The second kappa shape index (κ2) is 16.4. The lowest BCUT2D eigenvalue weighted by Crippen LogP contribution is -2.49. The molecule has 2 amide bonds. The van der Waals surface area contributed by atoms with Gasteiger partial charge in [-0.05, 0) is 111 Å². The van der Waals surface area contributed by atoms with Crippen molar-refractivity contribution < 1.29 is 28.0 Å². The molecule has 14 heteroatoms. The van der Waals surface area contributed by atoms with Gasteiger partial charge in [-0.25, -0.2) is 4.21 Å². The number of anilines is 2. The summed E-state index contributed by atoms with van der Waals surface area (Å²) in [5.74, 6) is 0.497. The Balaban J connectivity index is 1.16. The van der Waals surface area contributed by atoms with Crippen molar-refractivity contribution in [3.8, 4) is 5.75 Å². The number of fused-ring (bicyclic) bond motifs is 4. The third-order valence-corrected chi connectivity index (χ3v) is 15.1. The first-order valence-electron chi connectivity index (χ1n) is 20.4. The zero-order chi connectivity index (χ0) is 39.9. The second-order valence-electron chi connectivity index (χ2n) is 16.9. The highest BCUT2D eigenvalue weighted by atomic mass is 35.5. The average molecular weight is 819 g/mol. The number of halogens is 1. The molecule has 12 nitrogen and oxygen atoms in total. The van der Waals surface area contributed by atoms with Crippen LogP contribution in [0.4, 0.5) is 11.5 Å². The first-order chi connectivity index (χ1) is 27.5. The van der Waals surface area contributed by atoms with Gasteiger partial charge in [0.05, 0.1) is 30.3 Å². The number of carbonyl (C=O) groups is 2. The number of amides is 2. The van der Waals surface area contributed by atoms with E-state index in [1.807, 2.05) is 25.1 Å². The van der Waals surface area contributed by atoms with Gasteiger partial charge in [0, 0.05) is 69.6 Å². The van der Waals surface area contributed by atoms with Crippen LogP contribution in [-0.4, -0.2) is 90.8 Å². The summed E-state index contributed by atoms with van der Waals surface area (Å²) in [6.45, 7) is 5.28. The first kappa shape index (κ1) is 39.9. The molecular weight excluding hydrogens is 764 g/mol. The maximum Gasteiger partial charge on any atom is 0.286 e. The van der Waals surface area contributed by atoms with E-state index < -0.39 is 21.7 Å². The molecule has 1 unspecified atom stereocenters. The number of nitrogens with zero attached hydrogens (tertiary/aromatic N) is 5. The second-order valence-corrected chi connectivity index (χ2v) is 19.3. The van der Waals surface area contributed by atoms with Crippen molar-refractivity contribution in [3.63, 3.8) is 0 Å². The van der Waals surface area contributed by atoms with Crippen LogP contribution >= 0.6 is 11.6 Å². The lowest BCUT2D eigenvalue weighted by molar-refractivity contribution is 0.0131. The largest absolute Gasteiger partial charge is 0.490 e. The van der Waals surface area contributed by atoms with Gasteiger partial charge in [0.2, 0.25) is 0 Å². The van der Waals surface area contributed by atoms with Gasteiger partial charge in [-0.1, -0.05) is 36.7 Å². The van der Waals surface area contributed by atoms with Gasteiger partial charge in [0.15, 0.2) is 5.82 Å². The Morgan fingerprint density at radius 3 is 2.65 bits per heavy atom. The standard InChI is InChI=1S/C43H55ClN6O6S/c1-28-7-5-9-38(55-4)34-13-10-31(34)23-50-26-43(18-6-8-29-21-32(44)12-14-36(29)43)27-56-39-15-11-30(22-37(39)50)41(51)46-57(53,25-28)47-42(52)35-24-48(2)45-40(35)49-19-16-33(54-3)17-20-49/h5,9,11-12,14-15,21-22,24,28,31,33-34,38H,6-8,10,13,16-20,23,25-27H2,1-4H3,(H,46,47,51,52,53)/b9-5+/t28-,31-,34+,38-,43-,57?/m0/s1. The lowest BCUT2D eigenvalue weighted by atomic mass is 9.68. The van der Waals surface area contributed by atoms with Crippen LogP contribution in [0, 0.1) is 17.8 Å². The van der Waals surface area contributed by atoms with Crippen LogP contribution in [-0.2, 0) is 38.3 Å². The van der Waals surface area contributed by atoms with Crippen molar-refractivity contribution in [1.29, 1.82) is 0 Å². The number of allylic oxidation sites excluding steroid dienone is 1. The third-order valence-electron chi connectivity index (χ3n) is 12.9. The van der Waals surface area contributed by atoms with E-state index in [-0.39, 0.29) is 34.9 Å². The number of aromatic nitrogens is 2. The molecule has 4 heterocycles. The Morgan fingerprint density at radius 2 is 1.89 bits per heavy atom. The molecule has 1 aromatic heterocycles. The highest BCUT2D eigenvalue weighted by molar-refractivity contribution is 7.92. The third kappa shape index (κ3) is 8.22. The minimum absolute atomic E-state index is 0.0144. The van der Waals surface area contributed by atoms with E-state index in [9.17, 15) is 13.8 Å². The minimum atomic E-state index is -3.61. The molecule has 6 atom stereocenters. The van der Waals surface area contributed by atoms with Gasteiger partial charge in [0.25, 0.3) is 11.8 Å². The van der Waals surface area contributed by atoms with Crippen molar-refractivity contribution in [2.75, 3.05) is 62.6 Å². The first-order valence-corrected chi connectivity index (χ1v) is 22.5. The smallest absolute Gasteiger partial charge is 0.286 e.